The highest BCUT2D eigenvalue weighted by atomic mass is 16.5. The predicted octanol–water partition coefficient (Wildman–Crippen LogP) is 3.95. The Morgan fingerprint density at radius 1 is 0.889 bits per heavy atom. The minimum absolute atomic E-state index is 0.0143. The van der Waals surface area contributed by atoms with E-state index in [1.54, 1.807) is 24.3 Å². The van der Waals surface area contributed by atoms with Crippen molar-refractivity contribution < 1.29 is 19.1 Å². The van der Waals surface area contributed by atoms with Gasteiger partial charge in [0.2, 0.25) is 5.91 Å². The molecular formula is C22H23NO4. The summed E-state index contributed by atoms with van der Waals surface area (Å²) in [6.07, 6.45) is 4.78. The lowest BCUT2D eigenvalue weighted by Gasteiger charge is -2.16. The van der Waals surface area contributed by atoms with Crippen LogP contribution in [0.15, 0.2) is 42.5 Å². The molecule has 0 heterocycles. The van der Waals surface area contributed by atoms with Crippen LogP contribution < -0.4 is 5.32 Å². The highest BCUT2D eigenvalue weighted by Crippen LogP contribution is 2.23. The van der Waals surface area contributed by atoms with Crippen LogP contribution in [0.3, 0.4) is 0 Å². The Balaban J connectivity index is 1.53. The Bertz CT molecular complexity index is 855. The molecule has 1 aliphatic rings. The Morgan fingerprint density at radius 3 is 2.26 bits per heavy atom. The standard InChI is InChI=1S/C22H23NO4/c1-27-22(26)16-8-10-19(11-9-16)23-21(25)13-12-20(24)18-7-6-15-4-2-3-5-17(15)14-18/h6-11,14H,2-5,12-13H2,1H3,(H,23,25). The number of esters is 1. The molecule has 0 aliphatic heterocycles. The predicted molar refractivity (Wildman–Crippen MR) is 103 cm³/mol. The third-order valence-corrected chi connectivity index (χ3v) is 4.84. The van der Waals surface area contributed by atoms with Crippen LogP contribution in [0.2, 0.25) is 0 Å². The molecule has 1 amide bonds. The van der Waals surface area contributed by atoms with Crippen LogP contribution in [0.5, 0.6) is 0 Å². The lowest BCUT2D eigenvalue weighted by molar-refractivity contribution is -0.116. The number of amides is 1. The van der Waals surface area contributed by atoms with E-state index in [4.69, 9.17) is 0 Å². The first-order valence-corrected chi connectivity index (χ1v) is 9.20. The number of ether oxygens (including phenoxy) is 1. The number of fused-ring (bicyclic) bond motifs is 1. The fraction of sp³-hybridized carbons (Fsp3) is 0.318. The summed E-state index contributed by atoms with van der Waals surface area (Å²) in [5.41, 5.74) is 4.28. The molecule has 0 aromatic heterocycles. The zero-order chi connectivity index (χ0) is 19.2. The lowest BCUT2D eigenvalue weighted by Crippen LogP contribution is -2.14. The maximum atomic E-state index is 12.4. The zero-order valence-corrected chi connectivity index (χ0v) is 15.4. The molecular weight excluding hydrogens is 342 g/mol. The van der Waals surface area contributed by atoms with E-state index in [2.05, 4.69) is 10.1 Å². The Hall–Kier alpha value is -2.95. The van der Waals surface area contributed by atoms with E-state index in [9.17, 15) is 14.4 Å². The number of rotatable bonds is 6. The fourth-order valence-corrected chi connectivity index (χ4v) is 3.31. The summed E-state index contributed by atoms with van der Waals surface area (Å²) in [5.74, 6) is -0.671. The topological polar surface area (TPSA) is 72.5 Å². The van der Waals surface area contributed by atoms with Crippen molar-refractivity contribution in [2.75, 3.05) is 12.4 Å². The van der Waals surface area contributed by atoms with Gasteiger partial charge in [0.15, 0.2) is 5.78 Å². The average Bonchev–Trinajstić information content (AvgIpc) is 2.71. The molecule has 0 atom stereocenters. The number of hydrogen-bond donors (Lipinski definition) is 1. The van der Waals surface area contributed by atoms with Crippen LogP contribution in [0.4, 0.5) is 5.69 Å². The largest absolute Gasteiger partial charge is 0.465 e. The molecule has 1 aliphatic carbocycles. The van der Waals surface area contributed by atoms with Gasteiger partial charge in [0, 0.05) is 24.1 Å². The zero-order valence-electron chi connectivity index (χ0n) is 15.4. The monoisotopic (exact) mass is 365 g/mol. The number of anilines is 1. The molecule has 140 valence electrons. The van der Waals surface area contributed by atoms with Gasteiger partial charge in [0.25, 0.3) is 0 Å². The van der Waals surface area contributed by atoms with E-state index in [0.29, 0.717) is 16.8 Å². The Labute approximate surface area is 158 Å². The molecule has 0 fully saturated rings. The van der Waals surface area contributed by atoms with Crippen molar-refractivity contribution in [3.8, 4) is 0 Å². The van der Waals surface area contributed by atoms with Gasteiger partial charge in [-0.15, -0.1) is 0 Å². The molecule has 0 spiro atoms. The van der Waals surface area contributed by atoms with Gasteiger partial charge in [-0.25, -0.2) is 4.79 Å². The third-order valence-electron chi connectivity index (χ3n) is 4.84. The first-order chi connectivity index (χ1) is 13.1. The molecule has 2 aromatic carbocycles. The number of nitrogens with one attached hydrogen (secondary N) is 1. The van der Waals surface area contributed by atoms with Gasteiger partial charge in [-0.05, 0) is 67.1 Å². The van der Waals surface area contributed by atoms with Crippen LogP contribution in [0, 0.1) is 0 Å². The van der Waals surface area contributed by atoms with E-state index in [1.165, 1.54) is 31.1 Å². The maximum absolute atomic E-state index is 12.4. The molecule has 0 saturated carbocycles. The highest BCUT2D eigenvalue weighted by Gasteiger charge is 2.14. The number of carbonyl (C=O) groups is 3. The maximum Gasteiger partial charge on any atom is 0.337 e. The highest BCUT2D eigenvalue weighted by molar-refractivity contribution is 6.00. The molecule has 2 aromatic rings. The smallest absolute Gasteiger partial charge is 0.337 e. The number of benzene rings is 2. The van der Waals surface area contributed by atoms with E-state index in [1.807, 2.05) is 18.2 Å². The normalized spacial score (nSPS) is 12.8. The second kappa shape index (κ2) is 8.62. The molecule has 0 bridgehead atoms. The Kier molecular flexibility index (Phi) is 6.01. The van der Waals surface area contributed by atoms with Crippen LogP contribution in [0.1, 0.15) is 57.5 Å². The van der Waals surface area contributed by atoms with Crippen molar-refractivity contribution >= 4 is 23.3 Å². The summed E-state index contributed by atoms with van der Waals surface area (Å²) < 4.78 is 4.64. The van der Waals surface area contributed by atoms with Gasteiger partial charge in [0.1, 0.15) is 0 Å². The fourth-order valence-electron chi connectivity index (χ4n) is 3.31. The van der Waals surface area contributed by atoms with Gasteiger partial charge >= 0.3 is 5.97 Å². The van der Waals surface area contributed by atoms with Crippen molar-refractivity contribution in [1.82, 2.24) is 0 Å². The van der Waals surface area contributed by atoms with Crippen LogP contribution in [-0.2, 0) is 22.4 Å². The van der Waals surface area contributed by atoms with Gasteiger partial charge in [-0.3, -0.25) is 9.59 Å². The van der Waals surface area contributed by atoms with E-state index in [-0.39, 0.29) is 24.5 Å². The molecule has 3 rings (SSSR count). The SMILES string of the molecule is COC(=O)c1ccc(NC(=O)CCC(=O)c2ccc3c(c2)CCCC3)cc1. The second-order valence-corrected chi connectivity index (χ2v) is 6.73. The summed E-state index contributed by atoms with van der Waals surface area (Å²) in [5, 5.41) is 2.74. The van der Waals surface area contributed by atoms with Gasteiger partial charge in [-0.1, -0.05) is 12.1 Å². The summed E-state index contributed by atoms with van der Waals surface area (Å²) >= 11 is 0. The number of Topliss-reactive ketones (excluding diaryl/α,β-unsaturated/α-hetero) is 1. The number of methoxy groups -OCH3 is 1. The molecule has 5 nitrogen and oxygen atoms in total. The number of hydrogen-bond acceptors (Lipinski definition) is 4. The molecule has 1 N–H and O–H groups in total. The summed E-state index contributed by atoms with van der Waals surface area (Å²) in [6.45, 7) is 0. The molecule has 0 saturated heterocycles. The molecule has 5 heteroatoms. The summed E-state index contributed by atoms with van der Waals surface area (Å²) in [7, 11) is 1.32. The van der Waals surface area contributed by atoms with Crippen LogP contribution in [0.25, 0.3) is 0 Å². The minimum Gasteiger partial charge on any atom is -0.465 e. The van der Waals surface area contributed by atoms with Gasteiger partial charge < -0.3 is 10.1 Å². The van der Waals surface area contributed by atoms with Crippen molar-refractivity contribution in [2.45, 2.75) is 38.5 Å². The quantitative estimate of drug-likeness (QED) is 0.621. The van der Waals surface area contributed by atoms with Crippen molar-refractivity contribution in [1.29, 1.82) is 0 Å². The molecule has 0 unspecified atom stereocenters. The molecule has 0 radical (unpaired) electrons. The van der Waals surface area contributed by atoms with Crippen molar-refractivity contribution in [2.24, 2.45) is 0 Å². The van der Waals surface area contributed by atoms with Gasteiger partial charge in [-0.2, -0.15) is 0 Å². The first kappa shape index (κ1) is 18.8. The van der Waals surface area contributed by atoms with Gasteiger partial charge in [0.05, 0.1) is 12.7 Å². The van der Waals surface area contributed by atoms with E-state index >= 15 is 0 Å². The number of carbonyl (C=O) groups excluding carboxylic acids is 3. The summed E-state index contributed by atoms with van der Waals surface area (Å²) in [6, 6.07) is 12.3. The lowest BCUT2D eigenvalue weighted by atomic mass is 9.89. The first-order valence-electron chi connectivity index (χ1n) is 9.20. The average molecular weight is 365 g/mol. The number of aryl methyl sites for hydroxylation is 2. The van der Waals surface area contributed by atoms with E-state index < -0.39 is 5.97 Å². The molecule has 27 heavy (non-hydrogen) atoms. The van der Waals surface area contributed by atoms with Crippen molar-refractivity contribution in [3.63, 3.8) is 0 Å². The number of ketones is 1. The van der Waals surface area contributed by atoms with Crippen LogP contribution >= 0.6 is 0 Å². The van der Waals surface area contributed by atoms with Crippen molar-refractivity contribution in [3.05, 3.63) is 64.7 Å². The summed E-state index contributed by atoms with van der Waals surface area (Å²) in [4.78, 5) is 35.9. The minimum atomic E-state index is -0.427. The van der Waals surface area contributed by atoms with E-state index in [0.717, 1.165) is 12.8 Å². The van der Waals surface area contributed by atoms with Crippen LogP contribution in [-0.4, -0.2) is 24.8 Å². The Morgan fingerprint density at radius 2 is 1.56 bits per heavy atom. The third kappa shape index (κ3) is 4.82. The second-order valence-electron chi connectivity index (χ2n) is 6.73.